The van der Waals surface area contributed by atoms with Crippen LogP contribution in [0.1, 0.15) is 53.8 Å². The van der Waals surface area contributed by atoms with Crippen LogP contribution in [0.15, 0.2) is 71.5 Å². The normalized spacial score (nSPS) is 14.2. The number of unbranched alkanes of at least 4 members (excludes halogenated alkanes) is 1. The number of hydrogen-bond acceptors (Lipinski definition) is 12. The second-order valence-corrected chi connectivity index (χ2v) is 13.5. The van der Waals surface area contributed by atoms with Crippen molar-refractivity contribution in [1.29, 1.82) is 0 Å². The Morgan fingerprint density at radius 3 is 2.04 bits per heavy atom. The minimum absolute atomic E-state index is 0.0917. The van der Waals surface area contributed by atoms with Crippen LogP contribution in [-0.2, 0) is 30.4 Å². The van der Waals surface area contributed by atoms with Crippen LogP contribution >= 0.6 is 0 Å². The number of carbonyl (C=O) groups is 6. The van der Waals surface area contributed by atoms with Gasteiger partial charge in [0.25, 0.3) is 5.91 Å². The second kappa shape index (κ2) is 22.5. The summed E-state index contributed by atoms with van der Waals surface area (Å²) in [6.45, 7) is 1.28. The molecule has 2 unspecified atom stereocenters. The Labute approximate surface area is 330 Å². The first kappa shape index (κ1) is 45.4. The van der Waals surface area contributed by atoms with Gasteiger partial charge in [0.2, 0.25) is 29.5 Å². The van der Waals surface area contributed by atoms with Crippen molar-refractivity contribution < 1.29 is 52.9 Å². The molecule has 1 heterocycles. The standard InChI is InChI=1S/C39H53N7O11/c1-23(41-39(54)32(33(48)25-11-7-6-8-12-25)45-36(51)26-16-18-57-22-26)35(50)43-28(19-24-14-15-30(55-4)31(20-24)56-5)38(53)42-27(13-9-10-17-46(2)3)37(52)44-29(21-47)34(40)49/h6-8,11-12,14-16,18,20,22-23,27-29,32-33,47-48H,9-10,13,17,19,21H2,1-5H3,(H2,40,49)(H,41,54)(H,42,53)(H,43,50)(H,44,52)(H,45,51)/t23-,27-,28-,29-,32?,33?/m0/s1. The molecule has 0 aliphatic heterocycles. The molecule has 0 spiro atoms. The van der Waals surface area contributed by atoms with Gasteiger partial charge in [-0.3, -0.25) is 28.8 Å². The fourth-order valence-electron chi connectivity index (χ4n) is 5.66. The molecule has 57 heavy (non-hydrogen) atoms. The van der Waals surface area contributed by atoms with Gasteiger partial charge >= 0.3 is 0 Å². The summed E-state index contributed by atoms with van der Waals surface area (Å²) in [6.07, 6.45) is 2.08. The summed E-state index contributed by atoms with van der Waals surface area (Å²) in [5, 5.41) is 33.5. The topological polar surface area (TPSA) is 264 Å². The van der Waals surface area contributed by atoms with E-state index in [-0.39, 0.29) is 18.4 Å². The van der Waals surface area contributed by atoms with E-state index in [1.165, 1.54) is 39.7 Å². The average Bonchev–Trinajstić information content (AvgIpc) is 3.75. The molecule has 1 aromatic heterocycles. The number of hydrogen-bond donors (Lipinski definition) is 8. The lowest BCUT2D eigenvalue weighted by Crippen LogP contribution is -2.59. The maximum atomic E-state index is 14.1. The lowest BCUT2D eigenvalue weighted by molar-refractivity contribution is -0.135. The maximum absolute atomic E-state index is 14.1. The van der Waals surface area contributed by atoms with Crippen LogP contribution in [0, 0.1) is 0 Å². The zero-order chi connectivity index (χ0) is 42.1. The highest BCUT2D eigenvalue weighted by molar-refractivity contribution is 5.99. The van der Waals surface area contributed by atoms with Crippen molar-refractivity contribution in [1.82, 2.24) is 31.5 Å². The first-order valence-corrected chi connectivity index (χ1v) is 18.2. The number of nitrogens with one attached hydrogen (secondary N) is 5. The van der Waals surface area contributed by atoms with Crippen LogP contribution in [0.4, 0.5) is 0 Å². The molecule has 3 rings (SSSR count). The Hall–Kier alpha value is -5.98. The van der Waals surface area contributed by atoms with Gasteiger partial charge in [-0.15, -0.1) is 0 Å². The Bertz CT molecular complexity index is 1790. The van der Waals surface area contributed by atoms with Crippen LogP contribution in [0.5, 0.6) is 11.5 Å². The van der Waals surface area contributed by atoms with E-state index in [1.54, 1.807) is 48.5 Å². The number of methoxy groups -OCH3 is 2. The van der Waals surface area contributed by atoms with Crippen molar-refractivity contribution in [3.05, 3.63) is 83.8 Å². The zero-order valence-corrected chi connectivity index (χ0v) is 32.7. The number of rotatable bonds is 23. The van der Waals surface area contributed by atoms with Gasteiger partial charge in [-0.1, -0.05) is 36.4 Å². The van der Waals surface area contributed by atoms with Gasteiger partial charge in [0.1, 0.15) is 42.6 Å². The van der Waals surface area contributed by atoms with E-state index in [2.05, 4.69) is 26.6 Å². The van der Waals surface area contributed by atoms with Crippen molar-refractivity contribution in [2.24, 2.45) is 5.73 Å². The minimum atomic E-state index is -1.56. The van der Waals surface area contributed by atoms with Crippen LogP contribution in [-0.4, -0.2) is 122 Å². The Balaban J connectivity index is 1.89. The van der Waals surface area contributed by atoms with Gasteiger partial charge in [-0.05, 0) is 76.2 Å². The maximum Gasteiger partial charge on any atom is 0.255 e. The van der Waals surface area contributed by atoms with Gasteiger partial charge in [0.15, 0.2) is 11.5 Å². The summed E-state index contributed by atoms with van der Waals surface area (Å²) < 4.78 is 15.7. The Morgan fingerprint density at radius 2 is 1.44 bits per heavy atom. The number of aliphatic hydroxyl groups is 2. The molecule has 2 aromatic carbocycles. The van der Waals surface area contributed by atoms with Crippen molar-refractivity contribution in [3.8, 4) is 11.5 Å². The quantitative estimate of drug-likeness (QED) is 0.0567. The molecule has 18 nitrogen and oxygen atoms in total. The van der Waals surface area contributed by atoms with Crippen molar-refractivity contribution in [3.63, 3.8) is 0 Å². The third-order valence-electron chi connectivity index (χ3n) is 8.91. The molecule has 3 aromatic rings. The second-order valence-electron chi connectivity index (χ2n) is 13.5. The number of carbonyl (C=O) groups excluding carboxylic acids is 6. The molecule has 18 heteroatoms. The number of furan rings is 1. The van der Waals surface area contributed by atoms with Crippen LogP contribution in [0.2, 0.25) is 0 Å². The summed E-state index contributed by atoms with van der Waals surface area (Å²) in [6, 6.07) is 7.55. The predicted molar refractivity (Wildman–Crippen MR) is 207 cm³/mol. The lowest BCUT2D eigenvalue weighted by atomic mass is 10.0. The van der Waals surface area contributed by atoms with Gasteiger partial charge in [-0.2, -0.15) is 0 Å². The van der Waals surface area contributed by atoms with Gasteiger partial charge in [0.05, 0.1) is 32.7 Å². The fraction of sp³-hybridized carbons (Fsp3) is 0.436. The predicted octanol–water partition coefficient (Wildman–Crippen LogP) is -0.460. The number of nitrogens with two attached hydrogens (primary N) is 1. The molecule has 0 radical (unpaired) electrons. The van der Waals surface area contributed by atoms with E-state index < -0.39 is 78.4 Å². The fourth-order valence-corrected chi connectivity index (χ4v) is 5.66. The smallest absolute Gasteiger partial charge is 0.255 e. The lowest BCUT2D eigenvalue weighted by Gasteiger charge is -2.27. The summed E-state index contributed by atoms with van der Waals surface area (Å²) in [5.41, 5.74) is 6.25. The molecule has 6 amide bonds. The molecular formula is C39H53N7O11. The highest BCUT2D eigenvalue weighted by Crippen LogP contribution is 2.28. The monoisotopic (exact) mass is 795 g/mol. The van der Waals surface area contributed by atoms with Crippen molar-refractivity contribution >= 4 is 35.4 Å². The Morgan fingerprint density at radius 1 is 0.789 bits per heavy atom. The Kier molecular flexibility index (Phi) is 18.0. The molecule has 0 aliphatic carbocycles. The number of primary amides is 1. The molecule has 0 saturated carbocycles. The molecule has 0 saturated heterocycles. The third-order valence-corrected chi connectivity index (χ3v) is 8.91. The summed E-state index contributed by atoms with van der Waals surface area (Å²) in [7, 11) is 6.67. The SMILES string of the molecule is COc1ccc(C[C@H](NC(=O)[C@H](C)NC(=O)C(NC(=O)c2ccoc2)C(O)c2ccccc2)C(=O)N[C@@H](CCCCN(C)C)C(=O)N[C@@H](CO)C(N)=O)cc1OC. The summed E-state index contributed by atoms with van der Waals surface area (Å²) in [4.78, 5) is 81.5. The molecule has 0 fully saturated rings. The number of benzene rings is 2. The highest BCUT2D eigenvalue weighted by atomic mass is 16.5. The molecule has 6 atom stereocenters. The van der Waals surface area contributed by atoms with Crippen LogP contribution < -0.4 is 41.8 Å². The van der Waals surface area contributed by atoms with E-state index in [0.29, 0.717) is 42.0 Å². The van der Waals surface area contributed by atoms with Crippen molar-refractivity contribution in [2.75, 3.05) is 41.5 Å². The minimum Gasteiger partial charge on any atom is -0.493 e. The summed E-state index contributed by atoms with van der Waals surface area (Å²) >= 11 is 0. The number of ether oxygens (including phenoxy) is 2. The zero-order valence-electron chi connectivity index (χ0n) is 32.7. The van der Waals surface area contributed by atoms with Crippen LogP contribution in [0.25, 0.3) is 0 Å². The average molecular weight is 796 g/mol. The molecular weight excluding hydrogens is 742 g/mol. The van der Waals surface area contributed by atoms with E-state index in [4.69, 9.17) is 19.6 Å². The molecule has 0 aliphatic rings. The number of aliphatic hydroxyl groups excluding tert-OH is 2. The van der Waals surface area contributed by atoms with Gasteiger partial charge < -0.3 is 61.3 Å². The number of nitrogens with zero attached hydrogens (tertiary/aromatic N) is 1. The van der Waals surface area contributed by atoms with Crippen molar-refractivity contribution in [2.45, 2.75) is 68.9 Å². The summed E-state index contributed by atoms with van der Waals surface area (Å²) in [5.74, 6) is -4.22. The van der Waals surface area contributed by atoms with E-state index >= 15 is 0 Å². The van der Waals surface area contributed by atoms with Gasteiger partial charge in [0, 0.05) is 6.42 Å². The van der Waals surface area contributed by atoms with Crippen LogP contribution in [0.3, 0.4) is 0 Å². The molecule has 9 N–H and O–H groups in total. The number of amides is 6. The molecule has 0 bridgehead atoms. The first-order valence-electron chi connectivity index (χ1n) is 18.2. The van der Waals surface area contributed by atoms with E-state index in [9.17, 15) is 39.0 Å². The highest BCUT2D eigenvalue weighted by Gasteiger charge is 2.34. The third kappa shape index (κ3) is 13.9. The van der Waals surface area contributed by atoms with Gasteiger partial charge in [-0.25, -0.2) is 0 Å². The largest absolute Gasteiger partial charge is 0.493 e. The van der Waals surface area contributed by atoms with E-state index in [1.807, 2.05) is 19.0 Å². The molecule has 310 valence electrons. The van der Waals surface area contributed by atoms with E-state index in [0.717, 1.165) is 0 Å². The first-order chi connectivity index (χ1) is 27.2.